The second kappa shape index (κ2) is 5.59. The monoisotopic (exact) mass is 230 g/mol. The van der Waals surface area contributed by atoms with Crippen LogP contribution in [0.15, 0.2) is 30.5 Å². The van der Waals surface area contributed by atoms with E-state index < -0.39 is 0 Å². The van der Waals surface area contributed by atoms with Gasteiger partial charge in [0.25, 0.3) is 0 Å². The molecule has 3 N–H and O–H groups in total. The fraction of sp³-hybridized carbons (Fsp3) is 0.385. The van der Waals surface area contributed by atoms with Gasteiger partial charge in [-0.15, -0.1) is 0 Å². The summed E-state index contributed by atoms with van der Waals surface area (Å²) < 4.78 is 0. The van der Waals surface area contributed by atoms with Gasteiger partial charge in [0.05, 0.1) is 17.4 Å². The van der Waals surface area contributed by atoms with Crippen molar-refractivity contribution in [2.45, 2.75) is 25.8 Å². The molecule has 0 amide bonds. The van der Waals surface area contributed by atoms with Crippen LogP contribution in [0.25, 0.3) is 10.9 Å². The summed E-state index contributed by atoms with van der Waals surface area (Å²) in [5, 5.41) is 12.5. The third-order valence-electron chi connectivity index (χ3n) is 2.76. The van der Waals surface area contributed by atoms with Crippen LogP contribution in [0.4, 0.5) is 5.69 Å². The van der Waals surface area contributed by atoms with Gasteiger partial charge in [0.2, 0.25) is 0 Å². The first-order chi connectivity index (χ1) is 8.31. The molecule has 1 heterocycles. The molecule has 90 valence electrons. The second-order valence-corrected chi connectivity index (χ2v) is 4.21. The zero-order valence-electron chi connectivity index (χ0n) is 10.1. The lowest BCUT2D eigenvalue weighted by Crippen LogP contribution is -2.28. The zero-order chi connectivity index (χ0) is 12.1. The van der Waals surface area contributed by atoms with Gasteiger partial charge in [-0.05, 0) is 12.5 Å². The van der Waals surface area contributed by atoms with Crippen LogP contribution in [0.1, 0.15) is 19.8 Å². The van der Waals surface area contributed by atoms with Gasteiger partial charge >= 0.3 is 0 Å². The normalized spacial score (nSPS) is 12.6. The lowest BCUT2D eigenvalue weighted by atomic mass is 10.1. The van der Waals surface area contributed by atoms with Crippen LogP contribution in [-0.2, 0) is 0 Å². The molecule has 1 aromatic carbocycles. The van der Waals surface area contributed by atoms with Crippen molar-refractivity contribution in [1.82, 2.24) is 10.2 Å². The van der Waals surface area contributed by atoms with E-state index in [1.54, 1.807) is 6.20 Å². The number of nitrogens with two attached hydrogens (primary N) is 1. The van der Waals surface area contributed by atoms with Gasteiger partial charge in [-0.25, -0.2) is 0 Å². The number of fused-ring (bicyclic) bond motifs is 1. The van der Waals surface area contributed by atoms with E-state index in [4.69, 9.17) is 5.73 Å². The second-order valence-electron chi connectivity index (χ2n) is 4.21. The van der Waals surface area contributed by atoms with E-state index in [-0.39, 0.29) is 6.04 Å². The molecule has 1 aromatic heterocycles. The smallest absolute Gasteiger partial charge is 0.0950 e. The van der Waals surface area contributed by atoms with Crippen molar-refractivity contribution < 1.29 is 0 Å². The van der Waals surface area contributed by atoms with Gasteiger partial charge in [-0.1, -0.05) is 31.5 Å². The number of hydrogen-bond acceptors (Lipinski definition) is 4. The molecule has 0 saturated heterocycles. The molecule has 2 rings (SSSR count). The predicted molar refractivity (Wildman–Crippen MR) is 70.9 cm³/mol. The molecular formula is C13H18N4. The molecule has 0 bridgehead atoms. The van der Waals surface area contributed by atoms with Crippen LogP contribution in [0.3, 0.4) is 0 Å². The number of nitrogens with zero attached hydrogens (tertiary/aromatic N) is 2. The van der Waals surface area contributed by atoms with Gasteiger partial charge < -0.3 is 11.1 Å². The number of hydrogen-bond donors (Lipinski definition) is 2. The molecule has 2 aromatic rings. The number of rotatable bonds is 5. The predicted octanol–water partition coefficient (Wildman–Crippen LogP) is 2.17. The van der Waals surface area contributed by atoms with Gasteiger partial charge in [0.1, 0.15) is 0 Å². The summed E-state index contributed by atoms with van der Waals surface area (Å²) in [6, 6.07) is 8.15. The Bertz CT molecular complexity index is 478. The molecule has 1 atom stereocenters. The van der Waals surface area contributed by atoms with E-state index >= 15 is 0 Å². The molecule has 0 spiro atoms. The average molecular weight is 230 g/mol. The Kier molecular flexibility index (Phi) is 3.88. The van der Waals surface area contributed by atoms with Crippen LogP contribution >= 0.6 is 0 Å². The SMILES string of the molecule is CCCC(N)CNc1cnnc2ccccc12. The van der Waals surface area contributed by atoms with Crippen molar-refractivity contribution in [2.75, 3.05) is 11.9 Å². The van der Waals surface area contributed by atoms with E-state index in [9.17, 15) is 0 Å². The van der Waals surface area contributed by atoms with Crippen molar-refractivity contribution in [2.24, 2.45) is 5.73 Å². The highest BCUT2D eigenvalue weighted by atomic mass is 15.1. The van der Waals surface area contributed by atoms with Gasteiger partial charge in [-0.2, -0.15) is 10.2 Å². The lowest BCUT2D eigenvalue weighted by molar-refractivity contribution is 0.627. The minimum absolute atomic E-state index is 0.187. The van der Waals surface area contributed by atoms with Gasteiger partial charge in [-0.3, -0.25) is 0 Å². The Labute approximate surface area is 101 Å². The van der Waals surface area contributed by atoms with E-state index in [2.05, 4.69) is 22.4 Å². The third kappa shape index (κ3) is 2.91. The Hall–Kier alpha value is -1.68. The van der Waals surface area contributed by atoms with Crippen molar-refractivity contribution in [3.63, 3.8) is 0 Å². The molecule has 0 aliphatic carbocycles. The quantitative estimate of drug-likeness (QED) is 0.826. The highest BCUT2D eigenvalue weighted by Crippen LogP contribution is 2.19. The fourth-order valence-corrected chi connectivity index (χ4v) is 1.86. The standard InChI is InChI=1S/C13H18N4/c1-2-5-10(14)8-15-13-9-16-17-12-7-4-3-6-11(12)13/h3-4,6-7,9-10H,2,5,8,14H2,1H3,(H,15,17). The van der Waals surface area contributed by atoms with Crippen molar-refractivity contribution >= 4 is 16.6 Å². The molecule has 1 unspecified atom stereocenters. The Morgan fingerprint density at radius 3 is 3.00 bits per heavy atom. The molecule has 17 heavy (non-hydrogen) atoms. The Balaban J connectivity index is 2.13. The minimum atomic E-state index is 0.187. The van der Waals surface area contributed by atoms with Crippen LogP contribution in [0.2, 0.25) is 0 Å². The first-order valence-electron chi connectivity index (χ1n) is 6.01. The topological polar surface area (TPSA) is 63.8 Å². The van der Waals surface area contributed by atoms with Crippen LogP contribution < -0.4 is 11.1 Å². The molecule has 0 saturated carbocycles. The van der Waals surface area contributed by atoms with Crippen molar-refractivity contribution in [3.05, 3.63) is 30.5 Å². The number of nitrogens with one attached hydrogen (secondary N) is 1. The molecule has 0 aliphatic rings. The molecular weight excluding hydrogens is 212 g/mol. The van der Waals surface area contributed by atoms with Crippen molar-refractivity contribution in [1.29, 1.82) is 0 Å². The highest BCUT2D eigenvalue weighted by Gasteiger charge is 2.04. The maximum absolute atomic E-state index is 5.98. The number of aromatic nitrogens is 2. The number of benzene rings is 1. The third-order valence-corrected chi connectivity index (χ3v) is 2.76. The van der Waals surface area contributed by atoms with E-state index in [1.165, 1.54) is 0 Å². The molecule has 4 nitrogen and oxygen atoms in total. The maximum Gasteiger partial charge on any atom is 0.0950 e. The van der Waals surface area contributed by atoms with Gasteiger partial charge in [0.15, 0.2) is 0 Å². The summed E-state index contributed by atoms with van der Waals surface area (Å²) >= 11 is 0. The van der Waals surface area contributed by atoms with Gasteiger partial charge in [0, 0.05) is 18.0 Å². The summed E-state index contributed by atoms with van der Waals surface area (Å²) in [4.78, 5) is 0. The van der Waals surface area contributed by atoms with Crippen LogP contribution in [-0.4, -0.2) is 22.8 Å². The molecule has 0 radical (unpaired) electrons. The van der Waals surface area contributed by atoms with E-state index in [0.29, 0.717) is 0 Å². The summed E-state index contributed by atoms with van der Waals surface area (Å²) in [7, 11) is 0. The average Bonchev–Trinajstić information content (AvgIpc) is 2.36. The molecule has 4 heteroatoms. The first-order valence-corrected chi connectivity index (χ1v) is 6.01. The van der Waals surface area contributed by atoms with Crippen molar-refractivity contribution in [3.8, 4) is 0 Å². The lowest BCUT2D eigenvalue weighted by Gasteiger charge is -2.13. The molecule has 0 fully saturated rings. The number of anilines is 1. The Morgan fingerprint density at radius 2 is 2.18 bits per heavy atom. The fourth-order valence-electron chi connectivity index (χ4n) is 1.86. The zero-order valence-corrected chi connectivity index (χ0v) is 10.1. The summed E-state index contributed by atoms with van der Waals surface area (Å²) in [5.41, 5.74) is 7.88. The molecule has 0 aliphatic heterocycles. The first kappa shape index (κ1) is 11.8. The largest absolute Gasteiger partial charge is 0.382 e. The Morgan fingerprint density at radius 1 is 1.35 bits per heavy atom. The minimum Gasteiger partial charge on any atom is -0.382 e. The summed E-state index contributed by atoms with van der Waals surface area (Å²) in [6.07, 6.45) is 3.89. The summed E-state index contributed by atoms with van der Waals surface area (Å²) in [5.74, 6) is 0. The van der Waals surface area contributed by atoms with E-state index in [0.717, 1.165) is 36.0 Å². The maximum atomic E-state index is 5.98. The summed E-state index contributed by atoms with van der Waals surface area (Å²) in [6.45, 7) is 2.91. The van der Waals surface area contributed by atoms with Crippen LogP contribution in [0, 0.1) is 0 Å². The van der Waals surface area contributed by atoms with E-state index in [1.807, 2.05) is 24.3 Å². The highest BCUT2D eigenvalue weighted by molar-refractivity contribution is 5.90. The van der Waals surface area contributed by atoms with Crippen LogP contribution in [0.5, 0.6) is 0 Å².